The molecule has 0 bridgehead atoms. The zero-order valence-electron chi connectivity index (χ0n) is 10.1. The zero-order valence-corrected chi connectivity index (χ0v) is 10.1. The van der Waals surface area contributed by atoms with Gasteiger partial charge in [-0.1, -0.05) is 13.0 Å². The fourth-order valence-corrected chi connectivity index (χ4v) is 1.21. The molecular formula is C11H13N3O5. The molecule has 1 atom stereocenters. The summed E-state index contributed by atoms with van der Waals surface area (Å²) in [5, 5.41) is 23.9. The average molecular weight is 267 g/mol. The summed E-state index contributed by atoms with van der Waals surface area (Å²) in [5.41, 5.74) is 0.117. The molecule has 0 aliphatic rings. The Bertz CT molecular complexity index is 503. The molecule has 1 unspecified atom stereocenters. The Balaban J connectivity index is 2.55. The second-order valence-corrected chi connectivity index (χ2v) is 3.88. The SMILES string of the molecule is CC(CNC(=O)Nc1cccc([N+](=O)[O-])c1)C(=O)O. The maximum Gasteiger partial charge on any atom is 0.319 e. The molecule has 0 saturated carbocycles. The van der Waals surface area contributed by atoms with E-state index in [1.165, 1.54) is 31.2 Å². The number of benzene rings is 1. The lowest BCUT2D eigenvalue weighted by atomic mass is 10.2. The number of amides is 2. The van der Waals surface area contributed by atoms with Crippen LogP contribution in [0.25, 0.3) is 0 Å². The molecule has 0 heterocycles. The third-order valence-electron chi connectivity index (χ3n) is 2.31. The number of nitrogens with zero attached hydrogens (tertiary/aromatic N) is 1. The van der Waals surface area contributed by atoms with Crippen molar-refractivity contribution in [2.75, 3.05) is 11.9 Å². The number of nitro groups is 1. The fraction of sp³-hybridized carbons (Fsp3) is 0.273. The van der Waals surface area contributed by atoms with Crippen LogP contribution in [0.15, 0.2) is 24.3 Å². The monoisotopic (exact) mass is 267 g/mol. The maximum absolute atomic E-state index is 11.4. The van der Waals surface area contributed by atoms with Crippen LogP contribution in [0.4, 0.5) is 16.2 Å². The number of carbonyl (C=O) groups is 2. The first-order chi connectivity index (χ1) is 8.90. The van der Waals surface area contributed by atoms with Crippen molar-refractivity contribution >= 4 is 23.4 Å². The van der Waals surface area contributed by atoms with E-state index >= 15 is 0 Å². The van der Waals surface area contributed by atoms with E-state index in [2.05, 4.69) is 10.6 Å². The number of carbonyl (C=O) groups excluding carboxylic acids is 1. The van der Waals surface area contributed by atoms with Crippen molar-refractivity contribution in [1.82, 2.24) is 5.32 Å². The summed E-state index contributed by atoms with van der Waals surface area (Å²) in [4.78, 5) is 31.9. The Hall–Kier alpha value is -2.64. The van der Waals surface area contributed by atoms with Gasteiger partial charge < -0.3 is 15.7 Å². The van der Waals surface area contributed by atoms with Crippen molar-refractivity contribution < 1.29 is 19.6 Å². The van der Waals surface area contributed by atoms with Crippen LogP contribution in [-0.4, -0.2) is 28.6 Å². The minimum absolute atomic E-state index is 0.0317. The number of non-ortho nitro benzene ring substituents is 1. The fourth-order valence-electron chi connectivity index (χ4n) is 1.21. The molecule has 3 N–H and O–H groups in total. The standard InChI is InChI=1S/C11H13N3O5/c1-7(10(15)16)6-12-11(17)13-8-3-2-4-9(5-8)14(18)19/h2-5,7H,6H2,1H3,(H,15,16)(H2,12,13,17). The van der Waals surface area contributed by atoms with Gasteiger partial charge in [0, 0.05) is 24.4 Å². The highest BCUT2D eigenvalue weighted by Gasteiger charge is 2.12. The van der Waals surface area contributed by atoms with E-state index in [1.54, 1.807) is 0 Å². The predicted molar refractivity (Wildman–Crippen MR) is 66.9 cm³/mol. The van der Waals surface area contributed by atoms with E-state index < -0.39 is 22.8 Å². The Morgan fingerprint density at radius 2 is 2.16 bits per heavy atom. The van der Waals surface area contributed by atoms with Crippen molar-refractivity contribution in [2.45, 2.75) is 6.92 Å². The summed E-state index contributed by atoms with van der Waals surface area (Å²) < 4.78 is 0. The molecule has 0 aliphatic carbocycles. The molecule has 1 rings (SSSR count). The second kappa shape index (κ2) is 6.34. The van der Waals surface area contributed by atoms with Gasteiger partial charge in [-0.05, 0) is 6.07 Å². The second-order valence-electron chi connectivity index (χ2n) is 3.88. The molecule has 8 nitrogen and oxygen atoms in total. The normalized spacial score (nSPS) is 11.4. The third kappa shape index (κ3) is 4.62. The van der Waals surface area contributed by atoms with E-state index in [0.717, 1.165) is 0 Å². The number of anilines is 1. The van der Waals surface area contributed by atoms with Gasteiger partial charge in [-0.3, -0.25) is 14.9 Å². The molecule has 0 radical (unpaired) electrons. The van der Waals surface area contributed by atoms with Crippen LogP contribution >= 0.6 is 0 Å². The molecule has 19 heavy (non-hydrogen) atoms. The van der Waals surface area contributed by atoms with Gasteiger partial charge in [-0.2, -0.15) is 0 Å². The number of rotatable bonds is 5. The van der Waals surface area contributed by atoms with E-state index in [9.17, 15) is 19.7 Å². The number of nitrogens with one attached hydrogen (secondary N) is 2. The van der Waals surface area contributed by atoms with Gasteiger partial charge in [-0.15, -0.1) is 0 Å². The number of aliphatic carboxylic acids is 1. The van der Waals surface area contributed by atoms with Gasteiger partial charge in [0.15, 0.2) is 0 Å². The summed E-state index contributed by atoms with van der Waals surface area (Å²) in [5.74, 6) is -1.73. The smallest absolute Gasteiger partial charge is 0.319 e. The Morgan fingerprint density at radius 3 is 2.74 bits per heavy atom. The topological polar surface area (TPSA) is 122 Å². The molecule has 2 amide bonds. The van der Waals surface area contributed by atoms with Crippen LogP contribution in [-0.2, 0) is 4.79 Å². The molecule has 1 aromatic carbocycles. The van der Waals surface area contributed by atoms with Crippen LogP contribution in [0.3, 0.4) is 0 Å². The van der Waals surface area contributed by atoms with Crippen LogP contribution in [0.2, 0.25) is 0 Å². The molecule has 0 aliphatic heterocycles. The van der Waals surface area contributed by atoms with Gasteiger partial charge in [-0.25, -0.2) is 4.79 Å². The number of carboxylic acid groups (broad SMARTS) is 1. The van der Waals surface area contributed by atoms with Crippen molar-refractivity contribution in [3.05, 3.63) is 34.4 Å². The van der Waals surface area contributed by atoms with Crippen LogP contribution in [0.1, 0.15) is 6.92 Å². The molecule has 0 fully saturated rings. The summed E-state index contributed by atoms with van der Waals surface area (Å²) >= 11 is 0. The Kier molecular flexibility index (Phi) is 4.81. The number of nitro benzene ring substituents is 1. The average Bonchev–Trinajstić information content (AvgIpc) is 2.36. The van der Waals surface area contributed by atoms with Crippen LogP contribution in [0, 0.1) is 16.0 Å². The van der Waals surface area contributed by atoms with E-state index in [1.807, 2.05) is 0 Å². The molecule has 0 aromatic heterocycles. The highest BCUT2D eigenvalue weighted by Crippen LogP contribution is 2.16. The number of hydrogen-bond donors (Lipinski definition) is 3. The molecule has 102 valence electrons. The highest BCUT2D eigenvalue weighted by atomic mass is 16.6. The molecule has 8 heteroatoms. The van der Waals surface area contributed by atoms with E-state index in [4.69, 9.17) is 5.11 Å². The molecule has 0 saturated heterocycles. The van der Waals surface area contributed by atoms with Crippen LogP contribution in [0.5, 0.6) is 0 Å². The Labute approximate surface area is 108 Å². The van der Waals surface area contributed by atoms with Crippen molar-refractivity contribution in [3.63, 3.8) is 0 Å². The largest absolute Gasteiger partial charge is 0.481 e. The van der Waals surface area contributed by atoms with E-state index in [0.29, 0.717) is 0 Å². The number of hydrogen-bond acceptors (Lipinski definition) is 4. The van der Waals surface area contributed by atoms with Crippen molar-refractivity contribution in [3.8, 4) is 0 Å². The summed E-state index contributed by atoms with van der Waals surface area (Å²) in [6.45, 7) is 1.42. The summed E-state index contributed by atoms with van der Waals surface area (Å²) in [6.07, 6.45) is 0. The van der Waals surface area contributed by atoms with Gasteiger partial charge in [0.05, 0.1) is 10.8 Å². The molecule has 1 aromatic rings. The highest BCUT2D eigenvalue weighted by molar-refractivity contribution is 5.89. The first kappa shape index (κ1) is 14.4. The van der Waals surface area contributed by atoms with Gasteiger partial charge in [0.25, 0.3) is 5.69 Å². The van der Waals surface area contributed by atoms with Crippen molar-refractivity contribution in [2.24, 2.45) is 5.92 Å². The van der Waals surface area contributed by atoms with Gasteiger partial charge in [0.2, 0.25) is 0 Å². The van der Waals surface area contributed by atoms with Gasteiger partial charge in [0.1, 0.15) is 0 Å². The lowest BCUT2D eigenvalue weighted by molar-refractivity contribution is -0.384. The summed E-state index contributed by atoms with van der Waals surface area (Å²) in [7, 11) is 0. The first-order valence-corrected chi connectivity index (χ1v) is 5.42. The number of carboxylic acids is 1. The predicted octanol–water partition coefficient (Wildman–Crippen LogP) is 1.44. The lowest BCUT2D eigenvalue weighted by Gasteiger charge is -2.09. The zero-order chi connectivity index (χ0) is 14.4. The quantitative estimate of drug-likeness (QED) is 0.550. The van der Waals surface area contributed by atoms with E-state index in [-0.39, 0.29) is 17.9 Å². The minimum atomic E-state index is -1.02. The number of urea groups is 1. The Morgan fingerprint density at radius 1 is 1.47 bits per heavy atom. The minimum Gasteiger partial charge on any atom is -0.481 e. The maximum atomic E-state index is 11.4. The van der Waals surface area contributed by atoms with Gasteiger partial charge >= 0.3 is 12.0 Å². The van der Waals surface area contributed by atoms with Crippen LogP contribution < -0.4 is 10.6 Å². The lowest BCUT2D eigenvalue weighted by Crippen LogP contribution is -2.34. The molecular weight excluding hydrogens is 254 g/mol. The first-order valence-electron chi connectivity index (χ1n) is 5.42. The molecule has 0 spiro atoms. The third-order valence-corrected chi connectivity index (χ3v) is 2.31. The van der Waals surface area contributed by atoms with Crippen molar-refractivity contribution in [1.29, 1.82) is 0 Å². The summed E-state index contributed by atoms with van der Waals surface area (Å²) in [6, 6.07) is 4.82.